The summed E-state index contributed by atoms with van der Waals surface area (Å²) >= 11 is 0. The average Bonchev–Trinajstić information content (AvgIpc) is 2.47. The Kier molecular flexibility index (Phi) is 3.55. The Balaban J connectivity index is 2.49. The molecule has 2 nitrogen and oxygen atoms in total. The molecule has 1 heterocycles. The van der Waals surface area contributed by atoms with Gasteiger partial charge < -0.3 is 9.52 Å². The van der Waals surface area contributed by atoms with E-state index in [-0.39, 0.29) is 0 Å². The molecule has 0 saturated heterocycles. The fourth-order valence-electron chi connectivity index (χ4n) is 1.35. The molecule has 0 spiro atoms. The van der Waals surface area contributed by atoms with E-state index in [1.165, 1.54) is 0 Å². The second-order valence-electron chi connectivity index (χ2n) is 3.95. The van der Waals surface area contributed by atoms with Crippen LogP contribution in [0.5, 0.6) is 0 Å². The van der Waals surface area contributed by atoms with E-state index in [0.29, 0.717) is 5.92 Å². The van der Waals surface area contributed by atoms with Crippen LogP contribution < -0.4 is 0 Å². The van der Waals surface area contributed by atoms with Crippen LogP contribution in [0.2, 0.25) is 0 Å². The Morgan fingerprint density at radius 1 is 1.38 bits per heavy atom. The summed E-state index contributed by atoms with van der Waals surface area (Å²) in [6, 6.07) is 1.88. The number of rotatable bonds is 4. The van der Waals surface area contributed by atoms with Gasteiger partial charge in [-0.25, -0.2) is 0 Å². The van der Waals surface area contributed by atoms with Gasteiger partial charge in [0.25, 0.3) is 0 Å². The van der Waals surface area contributed by atoms with Crippen molar-refractivity contribution in [1.82, 2.24) is 0 Å². The highest BCUT2D eigenvalue weighted by Crippen LogP contribution is 2.24. The van der Waals surface area contributed by atoms with Gasteiger partial charge in [-0.15, -0.1) is 0 Å². The van der Waals surface area contributed by atoms with E-state index in [1.54, 1.807) is 6.26 Å². The predicted octanol–water partition coefficient (Wildman–Crippen LogP) is 3.06. The molecule has 0 radical (unpaired) electrons. The van der Waals surface area contributed by atoms with Crippen LogP contribution in [0.3, 0.4) is 0 Å². The summed E-state index contributed by atoms with van der Waals surface area (Å²) in [5.41, 5.74) is 1.04. The smallest absolute Gasteiger partial charge is 0.135 e. The fraction of sp³-hybridized carbons (Fsp3) is 0.636. The van der Waals surface area contributed by atoms with Crippen LogP contribution in [0, 0.1) is 12.8 Å². The van der Waals surface area contributed by atoms with Gasteiger partial charge >= 0.3 is 0 Å². The van der Waals surface area contributed by atoms with Gasteiger partial charge in [0.05, 0.1) is 6.26 Å². The molecule has 0 bridgehead atoms. The Morgan fingerprint density at radius 2 is 2.08 bits per heavy atom. The first kappa shape index (κ1) is 10.3. The molecule has 1 unspecified atom stereocenters. The minimum Gasteiger partial charge on any atom is -0.466 e. The summed E-state index contributed by atoms with van der Waals surface area (Å²) in [5.74, 6) is 1.35. The SMILES string of the molecule is Cc1ccoc1C(O)CCC(C)C. The molecule has 1 atom stereocenters. The molecule has 0 aliphatic carbocycles. The van der Waals surface area contributed by atoms with E-state index in [9.17, 15) is 5.11 Å². The van der Waals surface area contributed by atoms with Crippen LogP contribution >= 0.6 is 0 Å². The maximum absolute atomic E-state index is 9.75. The summed E-state index contributed by atoms with van der Waals surface area (Å²) < 4.78 is 5.21. The highest BCUT2D eigenvalue weighted by molar-refractivity contribution is 5.16. The van der Waals surface area contributed by atoms with Crippen LogP contribution in [0.1, 0.15) is 44.1 Å². The first-order chi connectivity index (χ1) is 6.11. The standard InChI is InChI=1S/C11H18O2/c1-8(2)4-5-10(12)11-9(3)6-7-13-11/h6-8,10,12H,4-5H2,1-3H3. The van der Waals surface area contributed by atoms with Gasteiger partial charge in [0.2, 0.25) is 0 Å². The van der Waals surface area contributed by atoms with Crippen molar-refractivity contribution in [1.29, 1.82) is 0 Å². The average molecular weight is 182 g/mol. The Bertz CT molecular complexity index is 250. The molecule has 1 N–H and O–H groups in total. The largest absolute Gasteiger partial charge is 0.466 e. The zero-order chi connectivity index (χ0) is 9.84. The molecule has 0 aromatic carbocycles. The Hall–Kier alpha value is -0.760. The quantitative estimate of drug-likeness (QED) is 0.776. The molecule has 74 valence electrons. The van der Waals surface area contributed by atoms with E-state index in [2.05, 4.69) is 13.8 Å². The van der Waals surface area contributed by atoms with Gasteiger partial charge in [0.15, 0.2) is 0 Å². The van der Waals surface area contributed by atoms with E-state index in [4.69, 9.17) is 4.42 Å². The van der Waals surface area contributed by atoms with Crippen molar-refractivity contribution in [2.75, 3.05) is 0 Å². The molecule has 0 amide bonds. The summed E-state index contributed by atoms with van der Waals surface area (Å²) in [4.78, 5) is 0. The second-order valence-corrected chi connectivity index (χ2v) is 3.95. The van der Waals surface area contributed by atoms with Gasteiger partial charge in [-0.1, -0.05) is 13.8 Å². The molecule has 1 aromatic heterocycles. The van der Waals surface area contributed by atoms with Crippen LogP contribution in [0.25, 0.3) is 0 Å². The molecule has 1 rings (SSSR count). The lowest BCUT2D eigenvalue weighted by atomic mass is 10.0. The van der Waals surface area contributed by atoms with Crippen LogP contribution in [-0.2, 0) is 0 Å². The molecule has 0 saturated carbocycles. The van der Waals surface area contributed by atoms with Crippen molar-refractivity contribution >= 4 is 0 Å². The first-order valence-corrected chi connectivity index (χ1v) is 4.83. The van der Waals surface area contributed by atoms with E-state index < -0.39 is 6.10 Å². The van der Waals surface area contributed by atoms with Crippen molar-refractivity contribution in [2.45, 2.75) is 39.7 Å². The summed E-state index contributed by atoms with van der Waals surface area (Å²) in [6.07, 6.45) is 3.01. The number of hydrogen-bond acceptors (Lipinski definition) is 2. The molecule has 13 heavy (non-hydrogen) atoms. The van der Waals surface area contributed by atoms with Crippen molar-refractivity contribution in [3.8, 4) is 0 Å². The third kappa shape index (κ3) is 2.88. The lowest BCUT2D eigenvalue weighted by Crippen LogP contribution is -1.99. The maximum atomic E-state index is 9.75. The van der Waals surface area contributed by atoms with E-state index in [0.717, 1.165) is 24.2 Å². The zero-order valence-corrected chi connectivity index (χ0v) is 8.58. The normalized spacial score (nSPS) is 13.6. The Morgan fingerprint density at radius 3 is 2.54 bits per heavy atom. The number of aliphatic hydroxyl groups excluding tert-OH is 1. The number of aryl methyl sites for hydroxylation is 1. The Labute approximate surface area is 79.6 Å². The van der Waals surface area contributed by atoms with Crippen LogP contribution in [-0.4, -0.2) is 5.11 Å². The maximum Gasteiger partial charge on any atom is 0.135 e. The minimum absolute atomic E-state index is 0.433. The van der Waals surface area contributed by atoms with Gasteiger partial charge in [-0.3, -0.25) is 0 Å². The zero-order valence-electron chi connectivity index (χ0n) is 8.58. The van der Waals surface area contributed by atoms with Gasteiger partial charge in [0, 0.05) is 0 Å². The highest BCUT2D eigenvalue weighted by Gasteiger charge is 2.13. The third-order valence-corrected chi connectivity index (χ3v) is 2.22. The summed E-state index contributed by atoms with van der Waals surface area (Å²) in [5, 5.41) is 9.75. The van der Waals surface area contributed by atoms with Gasteiger partial charge in [-0.2, -0.15) is 0 Å². The van der Waals surface area contributed by atoms with Gasteiger partial charge in [-0.05, 0) is 37.3 Å². The van der Waals surface area contributed by atoms with E-state index in [1.807, 2.05) is 13.0 Å². The highest BCUT2D eigenvalue weighted by atomic mass is 16.4. The monoisotopic (exact) mass is 182 g/mol. The third-order valence-electron chi connectivity index (χ3n) is 2.22. The number of furan rings is 1. The molecular formula is C11H18O2. The van der Waals surface area contributed by atoms with Crippen LogP contribution in [0.15, 0.2) is 16.7 Å². The van der Waals surface area contributed by atoms with Crippen molar-refractivity contribution in [2.24, 2.45) is 5.92 Å². The first-order valence-electron chi connectivity index (χ1n) is 4.83. The summed E-state index contributed by atoms with van der Waals surface area (Å²) in [7, 11) is 0. The topological polar surface area (TPSA) is 33.4 Å². The predicted molar refractivity (Wildman–Crippen MR) is 52.5 cm³/mol. The number of aliphatic hydroxyl groups is 1. The van der Waals surface area contributed by atoms with Gasteiger partial charge in [0.1, 0.15) is 11.9 Å². The van der Waals surface area contributed by atoms with Crippen molar-refractivity contribution < 1.29 is 9.52 Å². The summed E-state index contributed by atoms with van der Waals surface area (Å²) in [6.45, 7) is 6.26. The fourth-order valence-corrected chi connectivity index (χ4v) is 1.35. The van der Waals surface area contributed by atoms with Crippen LogP contribution in [0.4, 0.5) is 0 Å². The molecular weight excluding hydrogens is 164 g/mol. The minimum atomic E-state index is -0.433. The van der Waals surface area contributed by atoms with E-state index >= 15 is 0 Å². The molecule has 0 aliphatic heterocycles. The lowest BCUT2D eigenvalue weighted by molar-refractivity contribution is 0.132. The molecule has 1 aromatic rings. The van der Waals surface area contributed by atoms with Crippen molar-refractivity contribution in [3.63, 3.8) is 0 Å². The van der Waals surface area contributed by atoms with Crippen molar-refractivity contribution in [3.05, 3.63) is 23.7 Å². The molecule has 0 fully saturated rings. The molecule has 2 heteroatoms. The number of hydrogen-bond donors (Lipinski definition) is 1. The second kappa shape index (κ2) is 4.47. The lowest BCUT2D eigenvalue weighted by Gasteiger charge is -2.10. The molecule has 0 aliphatic rings.